The Kier molecular flexibility index (Phi) is 5.41. The Morgan fingerprint density at radius 1 is 1.11 bits per heavy atom. The normalized spacial score (nSPS) is 15.3. The summed E-state index contributed by atoms with van der Waals surface area (Å²) in [6.45, 7) is 2.12. The monoisotopic (exact) mass is 367 g/mol. The summed E-state index contributed by atoms with van der Waals surface area (Å²) < 4.78 is 3.67. The summed E-state index contributed by atoms with van der Waals surface area (Å²) in [4.78, 5) is 12.3. The number of hydrogen-bond donors (Lipinski definition) is 1. The van der Waals surface area contributed by atoms with Gasteiger partial charge < -0.3 is 5.32 Å². The molecule has 0 atom stereocenters. The molecule has 8 nitrogen and oxygen atoms in total. The van der Waals surface area contributed by atoms with Gasteiger partial charge in [0.05, 0.1) is 11.7 Å². The first kappa shape index (κ1) is 17.6. The lowest BCUT2D eigenvalue weighted by Crippen LogP contribution is -2.25. The summed E-state index contributed by atoms with van der Waals surface area (Å²) >= 11 is 0. The van der Waals surface area contributed by atoms with Crippen LogP contribution in [0.4, 0.5) is 0 Å². The number of aromatic nitrogens is 6. The van der Waals surface area contributed by atoms with E-state index in [2.05, 4.69) is 25.9 Å². The van der Waals surface area contributed by atoms with Crippen molar-refractivity contribution in [2.24, 2.45) is 5.92 Å². The fourth-order valence-electron chi connectivity index (χ4n) is 3.73. The predicted octanol–water partition coefficient (Wildman–Crippen LogP) is 2.42. The van der Waals surface area contributed by atoms with Crippen LogP contribution in [0.2, 0.25) is 0 Å². The van der Waals surface area contributed by atoms with E-state index in [1.165, 1.54) is 32.1 Å². The van der Waals surface area contributed by atoms with Gasteiger partial charge in [-0.3, -0.25) is 9.48 Å². The number of rotatable bonds is 7. The highest BCUT2D eigenvalue weighted by Gasteiger charge is 2.16. The molecule has 1 aliphatic rings. The SMILES string of the molecule is O=C(NCCCn1nnc2ccccc21)c1cn(CC2CCCCC2)nn1. The summed E-state index contributed by atoms with van der Waals surface area (Å²) in [7, 11) is 0. The number of nitrogens with zero attached hydrogens (tertiary/aromatic N) is 6. The molecule has 1 saturated carbocycles. The largest absolute Gasteiger partial charge is 0.351 e. The first-order valence-electron chi connectivity index (χ1n) is 9.76. The zero-order valence-electron chi connectivity index (χ0n) is 15.4. The van der Waals surface area contributed by atoms with Crippen molar-refractivity contribution in [3.8, 4) is 0 Å². The Morgan fingerprint density at radius 2 is 1.96 bits per heavy atom. The maximum atomic E-state index is 12.3. The van der Waals surface area contributed by atoms with Gasteiger partial charge in [0, 0.05) is 19.6 Å². The Bertz CT molecular complexity index is 894. The van der Waals surface area contributed by atoms with Crippen LogP contribution in [0.3, 0.4) is 0 Å². The second-order valence-corrected chi connectivity index (χ2v) is 7.24. The number of fused-ring (bicyclic) bond motifs is 1. The molecule has 8 heteroatoms. The molecular formula is C19H25N7O. The van der Waals surface area contributed by atoms with E-state index in [0.29, 0.717) is 24.7 Å². The predicted molar refractivity (Wildman–Crippen MR) is 101 cm³/mol. The van der Waals surface area contributed by atoms with Crippen molar-refractivity contribution in [3.63, 3.8) is 0 Å². The molecule has 1 fully saturated rings. The molecule has 0 spiro atoms. The van der Waals surface area contributed by atoms with Gasteiger partial charge in [0.15, 0.2) is 5.69 Å². The second-order valence-electron chi connectivity index (χ2n) is 7.24. The molecule has 142 valence electrons. The molecule has 0 bridgehead atoms. The number of carbonyl (C=O) groups is 1. The van der Waals surface area contributed by atoms with Crippen molar-refractivity contribution in [1.82, 2.24) is 35.3 Å². The highest BCUT2D eigenvalue weighted by Crippen LogP contribution is 2.24. The topological polar surface area (TPSA) is 90.5 Å². The van der Waals surface area contributed by atoms with E-state index in [0.717, 1.165) is 24.0 Å². The van der Waals surface area contributed by atoms with Crippen LogP contribution in [0.1, 0.15) is 49.0 Å². The van der Waals surface area contributed by atoms with Crippen LogP contribution < -0.4 is 5.32 Å². The van der Waals surface area contributed by atoms with Gasteiger partial charge in [-0.05, 0) is 37.3 Å². The zero-order valence-corrected chi connectivity index (χ0v) is 15.4. The summed E-state index contributed by atoms with van der Waals surface area (Å²) in [5.74, 6) is 0.488. The number of carbonyl (C=O) groups excluding carboxylic acids is 1. The van der Waals surface area contributed by atoms with Crippen molar-refractivity contribution in [1.29, 1.82) is 0 Å². The molecule has 3 aromatic rings. The molecule has 1 aliphatic carbocycles. The quantitative estimate of drug-likeness (QED) is 0.648. The smallest absolute Gasteiger partial charge is 0.273 e. The third-order valence-corrected chi connectivity index (χ3v) is 5.19. The summed E-state index contributed by atoms with van der Waals surface area (Å²) in [5, 5.41) is 19.3. The molecule has 1 amide bonds. The number of amides is 1. The molecule has 2 aromatic heterocycles. The van der Waals surface area contributed by atoms with Crippen LogP contribution >= 0.6 is 0 Å². The number of nitrogens with one attached hydrogen (secondary N) is 1. The Labute approximate surface area is 157 Å². The third-order valence-electron chi connectivity index (χ3n) is 5.19. The van der Waals surface area contributed by atoms with Crippen LogP contribution in [-0.2, 0) is 13.1 Å². The van der Waals surface area contributed by atoms with Crippen molar-refractivity contribution < 1.29 is 4.79 Å². The van der Waals surface area contributed by atoms with Gasteiger partial charge in [-0.15, -0.1) is 10.2 Å². The van der Waals surface area contributed by atoms with Crippen molar-refractivity contribution >= 4 is 16.9 Å². The minimum atomic E-state index is -0.173. The summed E-state index contributed by atoms with van der Waals surface area (Å²) in [6.07, 6.45) is 8.97. The van der Waals surface area contributed by atoms with Gasteiger partial charge in [0.1, 0.15) is 5.52 Å². The van der Waals surface area contributed by atoms with E-state index >= 15 is 0 Å². The second kappa shape index (κ2) is 8.28. The van der Waals surface area contributed by atoms with Gasteiger partial charge in [-0.1, -0.05) is 41.8 Å². The number of benzene rings is 1. The molecule has 1 N–H and O–H groups in total. The van der Waals surface area contributed by atoms with Crippen LogP contribution in [0.15, 0.2) is 30.5 Å². The lowest BCUT2D eigenvalue weighted by molar-refractivity contribution is 0.0947. The lowest BCUT2D eigenvalue weighted by Gasteiger charge is -2.20. The van der Waals surface area contributed by atoms with E-state index < -0.39 is 0 Å². The van der Waals surface area contributed by atoms with Gasteiger partial charge in [-0.2, -0.15) is 0 Å². The van der Waals surface area contributed by atoms with Gasteiger partial charge in [0.2, 0.25) is 0 Å². The molecular weight excluding hydrogens is 342 g/mol. The number of aryl methyl sites for hydroxylation is 1. The Hall–Kier alpha value is -2.77. The Morgan fingerprint density at radius 3 is 2.85 bits per heavy atom. The van der Waals surface area contributed by atoms with Crippen LogP contribution in [0.5, 0.6) is 0 Å². The van der Waals surface area contributed by atoms with Gasteiger partial charge in [0.25, 0.3) is 5.91 Å². The van der Waals surface area contributed by atoms with Crippen molar-refractivity contribution in [2.75, 3.05) is 6.54 Å². The molecule has 0 saturated heterocycles. The maximum Gasteiger partial charge on any atom is 0.273 e. The minimum absolute atomic E-state index is 0.173. The average molecular weight is 367 g/mol. The average Bonchev–Trinajstić information content (AvgIpc) is 3.33. The van der Waals surface area contributed by atoms with E-state index in [1.807, 2.05) is 33.6 Å². The number of para-hydroxylation sites is 1. The highest BCUT2D eigenvalue weighted by molar-refractivity contribution is 5.91. The Balaban J connectivity index is 1.23. The van der Waals surface area contributed by atoms with Gasteiger partial charge >= 0.3 is 0 Å². The van der Waals surface area contributed by atoms with Crippen molar-refractivity contribution in [3.05, 3.63) is 36.2 Å². The van der Waals surface area contributed by atoms with Crippen LogP contribution in [0, 0.1) is 5.92 Å². The third kappa shape index (κ3) is 4.32. The molecule has 27 heavy (non-hydrogen) atoms. The fraction of sp³-hybridized carbons (Fsp3) is 0.526. The van der Waals surface area contributed by atoms with E-state index in [-0.39, 0.29) is 5.91 Å². The van der Waals surface area contributed by atoms with E-state index in [9.17, 15) is 4.79 Å². The lowest BCUT2D eigenvalue weighted by atomic mass is 9.89. The fourth-order valence-corrected chi connectivity index (χ4v) is 3.73. The zero-order chi connectivity index (χ0) is 18.5. The first-order valence-corrected chi connectivity index (χ1v) is 9.76. The van der Waals surface area contributed by atoms with Crippen LogP contribution in [0.25, 0.3) is 11.0 Å². The summed E-state index contributed by atoms with van der Waals surface area (Å²) in [6, 6.07) is 7.86. The van der Waals surface area contributed by atoms with E-state index in [1.54, 1.807) is 6.20 Å². The molecule has 2 heterocycles. The minimum Gasteiger partial charge on any atom is -0.351 e. The molecule has 4 rings (SSSR count). The first-order chi connectivity index (χ1) is 13.3. The van der Waals surface area contributed by atoms with E-state index in [4.69, 9.17) is 0 Å². The summed E-state index contributed by atoms with van der Waals surface area (Å²) in [5.41, 5.74) is 2.28. The highest BCUT2D eigenvalue weighted by atomic mass is 16.2. The molecule has 0 unspecified atom stereocenters. The molecule has 1 aromatic carbocycles. The maximum absolute atomic E-state index is 12.3. The standard InChI is InChI=1S/C19H25N7O/c27-19(17-14-25(23-22-17)13-15-7-2-1-3-8-15)20-11-6-12-26-18-10-5-4-9-16(18)21-24-26/h4-5,9-10,14-15H,1-3,6-8,11-13H2,(H,20,27). The van der Waals surface area contributed by atoms with Crippen molar-refractivity contribution in [2.45, 2.75) is 51.6 Å². The molecule has 0 radical (unpaired) electrons. The molecule has 0 aliphatic heterocycles. The van der Waals surface area contributed by atoms with Gasteiger partial charge in [-0.25, -0.2) is 4.68 Å². The van der Waals surface area contributed by atoms with Crippen LogP contribution in [-0.4, -0.2) is 42.4 Å². The number of hydrogen-bond acceptors (Lipinski definition) is 5.